The molecule has 0 aromatic heterocycles. The summed E-state index contributed by atoms with van der Waals surface area (Å²) in [4.78, 5) is 6.99. The molecular formula is C20H19O2P. The Morgan fingerprint density at radius 2 is 1.13 bits per heavy atom. The Morgan fingerprint density at radius 1 is 0.652 bits per heavy atom. The molecule has 0 saturated heterocycles. The van der Waals surface area contributed by atoms with Crippen LogP contribution in [0.2, 0.25) is 0 Å². The molecule has 3 heteroatoms. The molecule has 0 aliphatic heterocycles. The van der Waals surface area contributed by atoms with Crippen molar-refractivity contribution in [3.8, 4) is 22.3 Å². The third-order valence-electron chi connectivity index (χ3n) is 3.52. The zero-order chi connectivity index (χ0) is 16.7. The largest absolute Gasteiger partial charge is 0.324 e. The summed E-state index contributed by atoms with van der Waals surface area (Å²) in [5.41, 5.74) is 7.72. The maximum Gasteiger partial charge on any atom is 0.324 e. The predicted molar refractivity (Wildman–Crippen MR) is 96.6 cm³/mol. The lowest BCUT2D eigenvalue weighted by atomic mass is 9.97. The van der Waals surface area contributed by atoms with E-state index in [4.69, 9.17) is 9.46 Å². The number of benzene rings is 3. The molecule has 0 fully saturated rings. The highest BCUT2D eigenvalue weighted by Gasteiger charge is 2.02. The molecule has 0 saturated carbocycles. The quantitative estimate of drug-likeness (QED) is 0.603. The molecule has 23 heavy (non-hydrogen) atoms. The molecule has 3 aromatic carbocycles. The van der Waals surface area contributed by atoms with E-state index in [9.17, 15) is 0 Å². The van der Waals surface area contributed by atoms with Crippen LogP contribution >= 0.6 is 8.69 Å². The molecule has 0 aliphatic carbocycles. The van der Waals surface area contributed by atoms with Gasteiger partial charge in [0.2, 0.25) is 0 Å². The van der Waals surface area contributed by atoms with Gasteiger partial charge in [0.05, 0.1) is 0 Å². The monoisotopic (exact) mass is 322 g/mol. The second-order valence-corrected chi connectivity index (χ2v) is 5.57. The van der Waals surface area contributed by atoms with Crippen LogP contribution in [0.25, 0.3) is 22.3 Å². The molecule has 3 rings (SSSR count). The Morgan fingerprint density at radius 3 is 1.70 bits per heavy atom. The van der Waals surface area contributed by atoms with Gasteiger partial charge in [-0.2, -0.15) is 0 Å². The molecule has 2 nitrogen and oxygen atoms in total. The van der Waals surface area contributed by atoms with Gasteiger partial charge in [0.15, 0.2) is 0 Å². The van der Waals surface area contributed by atoms with Gasteiger partial charge in [-0.1, -0.05) is 77.9 Å². The Balaban J connectivity index is 0.000000595. The first-order chi connectivity index (χ1) is 11.1. The molecule has 116 valence electrons. The lowest BCUT2D eigenvalue weighted by Gasteiger charge is -2.08. The molecule has 0 heterocycles. The zero-order valence-corrected chi connectivity index (χ0v) is 14.1. The predicted octanol–water partition coefficient (Wildman–Crippen LogP) is 5.82. The summed E-state index contributed by atoms with van der Waals surface area (Å²) in [5, 5.41) is 0. The van der Waals surface area contributed by atoms with Gasteiger partial charge in [-0.15, -0.1) is 0 Å². The van der Waals surface area contributed by atoms with Crippen LogP contribution in [-0.4, -0.2) is 4.89 Å². The molecule has 0 radical (unpaired) electrons. The van der Waals surface area contributed by atoms with E-state index >= 15 is 0 Å². The van der Waals surface area contributed by atoms with E-state index in [0.29, 0.717) is 0 Å². The molecule has 1 N–H and O–H groups in total. The molecule has 0 aliphatic rings. The minimum absolute atomic E-state index is 0.833. The second-order valence-electron chi connectivity index (χ2n) is 5.40. The average molecular weight is 322 g/mol. The van der Waals surface area contributed by atoms with Crippen molar-refractivity contribution in [1.82, 2.24) is 0 Å². The summed E-state index contributed by atoms with van der Waals surface area (Å²) in [7, 11) is -0.833. The summed E-state index contributed by atoms with van der Waals surface area (Å²) in [5.74, 6) is 0. The Hall–Kier alpha value is -2.28. The zero-order valence-electron chi connectivity index (χ0n) is 13.2. The van der Waals surface area contributed by atoms with E-state index in [1.165, 1.54) is 33.4 Å². The Bertz CT molecular complexity index is 762. The van der Waals surface area contributed by atoms with Gasteiger partial charge in [0.25, 0.3) is 0 Å². The number of rotatable bonds is 2. The van der Waals surface area contributed by atoms with E-state index in [-0.39, 0.29) is 0 Å². The van der Waals surface area contributed by atoms with Gasteiger partial charge in [-0.05, 0) is 42.2 Å². The third-order valence-corrected chi connectivity index (χ3v) is 3.52. The van der Waals surface area contributed by atoms with Gasteiger partial charge in [-0.25, -0.2) is 4.57 Å². The molecule has 0 bridgehead atoms. The van der Waals surface area contributed by atoms with E-state index in [1.54, 1.807) is 0 Å². The maximum atomic E-state index is 8.46. The van der Waals surface area contributed by atoms with Crippen LogP contribution in [0, 0.1) is 13.8 Å². The fraction of sp³-hybridized carbons (Fsp3) is 0.100. The van der Waals surface area contributed by atoms with Crippen LogP contribution in [0.3, 0.4) is 0 Å². The van der Waals surface area contributed by atoms with Crippen molar-refractivity contribution in [2.45, 2.75) is 13.8 Å². The van der Waals surface area contributed by atoms with Crippen molar-refractivity contribution < 1.29 is 9.46 Å². The highest BCUT2D eigenvalue weighted by Crippen LogP contribution is 2.27. The fourth-order valence-corrected chi connectivity index (χ4v) is 2.65. The second kappa shape index (κ2) is 8.38. The van der Waals surface area contributed by atoms with Gasteiger partial charge in [0.1, 0.15) is 0 Å². The van der Waals surface area contributed by atoms with E-state index in [2.05, 4.69) is 86.6 Å². The minimum atomic E-state index is -0.833. The van der Waals surface area contributed by atoms with Crippen LogP contribution in [0.1, 0.15) is 11.1 Å². The lowest BCUT2D eigenvalue weighted by molar-refractivity contribution is 0.524. The SMILES string of the molecule is Cc1cc(C)cc(-c2cccc(-c3ccccc3)c2)c1.O=PO. The summed E-state index contributed by atoms with van der Waals surface area (Å²) in [6.45, 7) is 4.30. The van der Waals surface area contributed by atoms with Gasteiger partial charge in [0, 0.05) is 0 Å². The van der Waals surface area contributed by atoms with E-state index in [1.807, 2.05) is 0 Å². The Kier molecular flexibility index (Phi) is 6.22. The van der Waals surface area contributed by atoms with Gasteiger partial charge >= 0.3 is 8.69 Å². The number of hydrogen-bond acceptors (Lipinski definition) is 1. The van der Waals surface area contributed by atoms with Crippen LogP contribution in [0.15, 0.2) is 72.8 Å². The van der Waals surface area contributed by atoms with Crippen LogP contribution < -0.4 is 0 Å². The van der Waals surface area contributed by atoms with Crippen molar-refractivity contribution in [2.24, 2.45) is 0 Å². The summed E-state index contributed by atoms with van der Waals surface area (Å²) < 4.78 is 8.46. The summed E-state index contributed by atoms with van der Waals surface area (Å²) in [6.07, 6.45) is 0. The Labute approximate surface area is 138 Å². The summed E-state index contributed by atoms with van der Waals surface area (Å²) in [6, 6.07) is 26.0. The smallest absolute Gasteiger partial charge is 0.310 e. The highest BCUT2D eigenvalue weighted by atomic mass is 31.1. The van der Waals surface area contributed by atoms with Crippen molar-refractivity contribution in [3.05, 3.63) is 83.9 Å². The first kappa shape index (κ1) is 17.1. The van der Waals surface area contributed by atoms with Gasteiger partial charge < -0.3 is 4.89 Å². The fourth-order valence-electron chi connectivity index (χ4n) is 2.65. The number of aryl methyl sites for hydroxylation is 2. The molecular weight excluding hydrogens is 303 g/mol. The topological polar surface area (TPSA) is 37.3 Å². The lowest BCUT2D eigenvalue weighted by Crippen LogP contribution is -1.84. The normalized spacial score (nSPS) is 10.0. The minimum Gasteiger partial charge on any atom is -0.310 e. The van der Waals surface area contributed by atoms with Gasteiger partial charge in [-0.3, -0.25) is 0 Å². The first-order valence-electron chi connectivity index (χ1n) is 7.35. The standard InChI is InChI=1S/C20H18.HO2P/c1-15-11-16(2)13-20(12-15)19-10-6-9-18(14-19)17-7-4-3-5-8-17;1-3-2/h3-14H,1-2H3;(H,1,2). The van der Waals surface area contributed by atoms with Crippen LogP contribution in [0.5, 0.6) is 0 Å². The van der Waals surface area contributed by atoms with Crippen molar-refractivity contribution in [2.75, 3.05) is 0 Å². The highest BCUT2D eigenvalue weighted by molar-refractivity contribution is 7.16. The summed E-state index contributed by atoms with van der Waals surface area (Å²) >= 11 is 0. The molecule has 0 spiro atoms. The number of hydrogen-bond donors (Lipinski definition) is 1. The van der Waals surface area contributed by atoms with Crippen molar-refractivity contribution in [1.29, 1.82) is 0 Å². The molecule has 0 unspecified atom stereocenters. The maximum absolute atomic E-state index is 8.46. The molecule has 0 atom stereocenters. The third kappa shape index (κ3) is 4.85. The average Bonchev–Trinajstić information content (AvgIpc) is 2.56. The van der Waals surface area contributed by atoms with Crippen molar-refractivity contribution in [3.63, 3.8) is 0 Å². The molecule has 3 aromatic rings. The van der Waals surface area contributed by atoms with E-state index < -0.39 is 8.69 Å². The first-order valence-corrected chi connectivity index (χ1v) is 8.11. The van der Waals surface area contributed by atoms with Crippen molar-refractivity contribution >= 4 is 8.69 Å². The van der Waals surface area contributed by atoms with E-state index in [0.717, 1.165) is 0 Å². The van der Waals surface area contributed by atoms with Crippen LogP contribution in [0.4, 0.5) is 0 Å². The molecule has 0 amide bonds. The van der Waals surface area contributed by atoms with Crippen LogP contribution in [-0.2, 0) is 4.57 Å².